The lowest BCUT2D eigenvalue weighted by molar-refractivity contribution is 0.231. The van der Waals surface area contributed by atoms with E-state index in [4.69, 9.17) is 15.9 Å². The molecule has 1 aliphatic heterocycles. The standard InChI is InChI=1S/C18H22FN5O3S/c1-11(2)27-16-7-12(14(20)8-13(16)19)18(21)15-9-17(23-10-22-15)24-3-5-28(25,26)6-4-24/h7-11,21H,3-6,20H2,1-2H3. The van der Waals surface area contributed by atoms with Gasteiger partial charge in [-0.2, -0.15) is 0 Å². The third-order valence-electron chi connectivity index (χ3n) is 4.31. The van der Waals surface area contributed by atoms with Crippen LogP contribution in [0.1, 0.15) is 25.1 Å². The summed E-state index contributed by atoms with van der Waals surface area (Å²) < 4.78 is 42.7. The Balaban J connectivity index is 1.89. The van der Waals surface area contributed by atoms with Gasteiger partial charge in [0.2, 0.25) is 0 Å². The minimum atomic E-state index is -3.01. The molecular weight excluding hydrogens is 385 g/mol. The second-order valence-corrected chi connectivity index (χ2v) is 9.12. The van der Waals surface area contributed by atoms with Crippen LogP contribution in [0.5, 0.6) is 5.75 Å². The largest absolute Gasteiger partial charge is 0.488 e. The second kappa shape index (κ2) is 7.70. The van der Waals surface area contributed by atoms with Crippen LogP contribution >= 0.6 is 0 Å². The van der Waals surface area contributed by atoms with E-state index in [1.165, 1.54) is 12.4 Å². The lowest BCUT2D eigenvalue weighted by atomic mass is 10.0. The van der Waals surface area contributed by atoms with E-state index >= 15 is 0 Å². The summed E-state index contributed by atoms with van der Waals surface area (Å²) in [4.78, 5) is 10.1. The van der Waals surface area contributed by atoms with E-state index in [2.05, 4.69) is 9.97 Å². The maximum absolute atomic E-state index is 14.1. The van der Waals surface area contributed by atoms with Crippen LogP contribution in [0.3, 0.4) is 0 Å². The van der Waals surface area contributed by atoms with Crippen molar-refractivity contribution >= 4 is 27.1 Å². The summed E-state index contributed by atoms with van der Waals surface area (Å²) in [6, 6.07) is 4.12. The zero-order valence-electron chi connectivity index (χ0n) is 15.6. The molecular formula is C18H22FN5O3S. The highest BCUT2D eigenvalue weighted by atomic mass is 32.2. The summed E-state index contributed by atoms with van der Waals surface area (Å²) in [6.45, 7) is 4.21. The van der Waals surface area contributed by atoms with Crippen molar-refractivity contribution < 1.29 is 17.5 Å². The van der Waals surface area contributed by atoms with Crippen molar-refractivity contribution in [2.45, 2.75) is 20.0 Å². The molecule has 0 aliphatic carbocycles. The highest BCUT2D eigenvalue weighted by molar-refractivity contribution is 7.91. The average Bonchev–Trinajstić information content (AvgIpc) is 2.63. The van der Waals surface area contributed by atoms with Gasteiger partial charge in [0.25, 0.3) is 0 Å². The van der Waals surface area contributed by atoms with Crippen LogP contribution in [-0.2, 0) is 9.84 Å². The molecule has 0 bridgehead atoms. The molecule has 1 fully saturated rings. The Morgan fingerprint density at radius 2 is 1.93 bits per heavy atom. The smallest absolute Gasteiger partial charge is 0.167 e. The van der Waals surface area contributed by atoms with Gasteiger partial charge in [0.1, 0.15) is 12.1 Å². The molecule has 1 aliphatic rings. The molecule has 28 heavy (non-hydrogen) atoms. The van der Waals surface area contributed by atoms with Crippen molar-refractivity contribution in [3.05, 3.63) is 41.6 Å². The lowest BCUT2D eigenvalue weighted by Gasteiger charge is -2.27. The second-order valence-electron chi connectivity index (χ2n) is 6.81. The molecule has 10 heteroatoms. The van der Waals surface area contributed by atoms with Gasteiger partial charge in [-0.05, 0) is 19.9 Å². The molecule has 8 nitrogen and oxygen atoms in total. The summed E-state index contributed by atoms with van der Waals surface area (Å²) in [5.74, 6) is 0.0685. The number of nitrogen functional groups attached to an aromatic ring is 1. The van der Waals surface area contributed by atoms with Crippen LogP contribution in [0, 0.1) is 11.2 Å². The van der Waals surface area contributed by atoms with Gasteiger partial charge in [-0.25, -0.2) is 22.8 Å². The van der Waals surface area contributed by atoms with E-state index in [1.54, 1.807) is 19.9 Å². The van der Waals surface area contributed by atoms with Gasteiger partial charge in [0, 0.05) is 36.5 Å². The fourth-order valence-electron chi connectivity index (χ4n) is 2.87. The molecule has 0 spiro atoms. The number of anilines is 2. The number of sulfone groups is 1. The van der Waals surface area contributed by atoms with Gasteiger partial charge in [-0.15, -0.1) is 0 Å². The monoisotopic (exact) mass is 407 g/mol. The van der Waals surface area contributed by atoms with E-state index < -0.39 is 15.7 Å². The highest BCUT2D eigenvalue weighted by Crippen LogP contribution is 2.27. The molecule has 3 rings (SSSR count). The number of rotatable bonds is 5. The zero-order chi connectivity index (χ0) is 20.5. The number of nitrogens with two attached hydrogens (primary N) is 1. The third kappa shape index (κ3) is 4.38. The van der Waals surface area contributed by atoms with E-state index in [0.29, 0.717) is 30.2 Å². The van der Waals surface area contributed by atoms with Crippen LogP contribution in [0.15, 0.2) is 24.5 Å². The van der Waals surface area contributed by atoms with Gasteiger partial charge in [0.05, 0.1) is 29.0 Å². The van der Waals surface area contributed by atoms with Crippen LogP contribution < -0.4 is 15.4 Å². The summed E-state index contributed by atoms with van der Waals surface area (Å²) >= 11 is 0. The Morgan fingerprint density at radius 1 is 1.25 bits per heavy atom. The quantitative estimate of drug-likeness (QED) is 0.570. The minimum absolute atomic E-state index is 0.000568. The molecule has 2 aromatic rings. The Labute approximate surface area is 163 Å². The van der Waals surface area contributed by atoms with Crippen LogP contribution in [-0.4, -0.2) is 54.8 Å². The number of hydrogen-bond donors (Lipinski definition) is 2. The van der Waals surface area contributed by atoms with Gasteiger partial charge in [-0.3, -0.25) is 5.41 Å². The number of benzene rings is 1. The molecule has 0 radical (unpaired) electrons. The number of halogens is 1. The fraction of sp³-hybridized carbons (Fsp3) is 0.389. The van der Waals surface area contributed by atoms with Crippen LogP contribution in [0.4, 0.5) is 15.9 Å². The summed E-state index contributed by atoms with van der Waals surface area (Å²) in [5.41, 5.74) is 6.61. The normalized spacial score (nSPS) is 16.2. The first-order chi connectivity index (χ1) is 13.2. The minimum Gasteiger partial charge on any atom is -0.488 e. The Kier molecular flexibility index (Phi) is 5.50. The number of hydrogen-bond acceptors (Lipinski definition) is 8. The summed E-state index contributed by atoms with van der Waals surface area (Å²) in [5, 5.41) is 8.47. The number of aromatic nitrogens is 2. The molecule has 0 atom stereocenters. The van der Waals surface area contributed by atoms with Crippen molar-refractivity contribution in [3.63, 3.8) is 0 Å². The molecule has 2 heterocycles. The predicted octanol–water partition coefficient (Wildman–Crippen LogP) is 1.64. The molecule has 1 aromatic heterocycles. The van der Waals surface area contributed by atoms with E-state index in [0.717, 1.165) is 6.07 Å². The van der Waals surface area contributed by atoms with Crippen molar-refractivity contribution in [2.75, 3.05) is 35.2 Å². The zero-order valence-corrected chi connectivity index (χ0v) is 16.5. The number of nitrogens with zero attached hydrogens (tertiary/aromatic N) is 3. The fourth-order valence-corrected chi connectivity index (χ4v) is 4.07. The third-order valence-corrected chi connectivity index (χ3v) is 5.92. The summed E-state index contributed by atoms with van der Waals surface area (Å²) in [7, 11) is -3.01. The van der Waals surface area contributed by atoms with E-state index in [9.17, 15) is 12.8 Å². The lowest BCUT2D eigenvalue weighted by Crippen LogP contribution is -2.40. The Morgan fingerprint density at radius 3 is 2.57 bits per heavy atom. The molecule has 0 unspecified atom stereocenters. The number of nitrogens with one attached hydrogen (secondary N) is 1. The molecule has 0 amide bonds. The molecule has 1 aromatic carbocycles. The van der Waals surface area contributed by atoms with Crippen molar-refractivity contribution in [2.24, 2.45) is 0 Å². The first kappa shape index (κ1) is 20.0. The highest BCUT2D eigenvalue weighted by Gasteiger charge is 2.23. The van der Waals surface area contributed by atoms with Crippen molar-refractivity contribution in [1.29, 1.82) is 5.41 Å². The van der Waals surface area contributed by atoms with E-state index in [1.807, 2.05) is 4.90 Å². The summed E-state index contributed by atoms with van der Waals surface area (Å²) in [6.07, 6.45) is 1.08. The molecule has 1 saturated heterocycles. The first-order valence-electron chi connectivity index (χ1n) is 8.78. The van der Waals surface area contributed by atoms with E-state index in [-0.39, 0.29) is 34.8 Å². The van der Waals surface area contributed by atoms with Crippen molar-refractivity contribution in [1.82, 2.24) is 9.97 Å². The SMILES string of the molecule is CC(C)Oc1cc(C(=N)c2cc(N3CCS(=O)(=O)CC3)ncn2)c(N)cc1F. The number of ether oxygens (including phenoxy) is 1. The van der Waals surface area contributed by atoms with Crippen molar-refractivity contribution in [3.8, 4) is 5.75 Å². The Bertz CT molecular complexity index is 996. The molecule has 150 valence electrons. The molecule has 0 saturated carbocycles. The predicted molar refractivity (Wildman–Crippen MR) is 105 cm³/mol. The van der Waals surface area contributed by atoms with Gasteiger partial charge >= 0.3 is 0 Å². The van der Waals surface area contributed by atoms with Gasteiger partial charge < -0.3 is 15.4 Å². The maximum atomic E-state index is 14.1. The first-order valence-corrected chi connectivity index (χ1v) is 10.6. The topological polar surface area (TPSA) is 122 Å². The van der Waals surface area contributed by atoms with Gasteiger partial charge in [-0.1, -0.05) is 0 Å². The molecule has 3 N–H and O–H groups in total. The Hall–Kier alpha value is -2.75. The van der Waals surface area contributed by atoms with Crippen LogP contribution in [0.2, 0.25) is 0 Å². The van der Waals surface area contributed by atoms with Crippen LogP contribution in [0.25, 0.3) is 0 Å². The van der Waals surface area contributed by atoms with Gasteiger partial charge in [0.15, 0.2) is 21.4 Å². The maximum Gasteiger partial charge on any atom is 0.167 e. The average molecular weight is 407 g/mol.